The molecule has 78 valence electrons. The Kier molecular flexibility index (Phi) is 3.85. The van der Waals surface area contributed by atoms with Gasteiger partial charge in [0.25, 0.3) is 0 Å². The maximum absolute atomic E-state index is 12.9. The fourth-order valence-corrected chi connectivity index (χ4v) is 1.21. The molecule has 0 saturated carbocycles. The topological polar surface area (TPSA) is 47.3 Å². The summed E-state index contributed by atoms with van der Waals surface area (Å²) in [6.45, 7) is 4.21. The van der Waals surface area contributed by atoms with Gasteiger partial charge in [-0.1, -0.05) is 0 Å². The molecular formula is C10H15FN2O. The molecule has 0 aromatic heterocycles. The number of ether oxygens (including phenoxy) is 1. The molecule has 14 heavy (non-hydrogen) atoms. The van der Waals surface area contributed by atoms with Crippen molar-refractivity contribution < 1.29 is 9.13 Å². The van der Waals surface area contributed by atoms with Crippen LogP contribution in [0, 0.1) is 12.7 Å². The number of rotatable bonds is 4. The van der Waals surface area contributed by atoms with E-state index in [1.54, 1.807) is 6.07 Å². The summed E-state index contributed by atoms with van der Waals surface area (Å²) in [6, 6.07) is 4.61. The van der Waals surface area contributed by atoms with Gasteiger partial charge in [0.2, 0.25) is 0 Å². The van der Waals surface area contributed by atoms with Crippen molar-refractivity contribution in [1.82, 2.24) is 5.43 Å². The molecule has 3 nitrogen and oxygen atoms in total. The molecule has 3 N–H and O–H groups in total. The Morgan fingerprint density at radius 2 is 2.21 bits per heavy atom. The van der Waals surface area contributed by atoms with Crippen LogP contribution in [0.5, 0.6) is 5.75 Å². The highest BCUT2D eigenvalue weighted by Gasteiger charge is 2.04. The van der Waals surface area contributed by atoms with Gasteiger partial charge in [-0.15, -0.1) is 0 Å². The normalized spacial score (nSPS) is 12.6. The Labute approximate surface area is 83.0 Å². The van der Waals surface area contributed by atoms with Gasteiger partial charge >= 0.3 is 0 Å². The van der Waals surface area contributed by atoms with E-state index in [1.165, 1.54) is 12.1 Å². The second-order valence-corrected chi connectivity index (χ2v) is 3.30. The molecule has 0 spiro atoms. The average Bonchev–Trinajstić information content (AvgIpc) is 2.01. The SMILES string of the molecule is Cc1cc(F)cc(OC(C)CNN)c1. The largest absolute Gasteiger partial charge is 0.489 e. The van der Waals surface area contributed by atoms with E-state index in [0.29, 0.717) is 12.3 Å². The van der Waals surface area contributed by atoms with E-state index in [9.17, 15) is 4.39 Å². The predicted octanol–water partition coefficient (Wildman–Crippen LogP) is 1.36. The van der Waals surface area contributed by atoms with Gasteiger partial charge in [-0.2, -0.15) is 0 Å². The van der Waals surface area contributed by atoms with Gasteiger partial charge in [-0.25, -0.2) is 4.39 Å². The first-order valence-corrected chi connectivity index (χ1v) is 4.49. The lowest BCUT2D eigenvalue weighted by Gasteiger charge is -2.14. The third-order valence-corrected chi connectivity index (χ3v) is 1.76. The third kappa shape index (κ3) is 3.32. The maximum Gasteiger partial charge on any atom is 0.127 e. The molecule has 0 amide bonds. The molecule has 1 rings (SSSR count). The lowest BCUT2D eigenvalue weighted by Crippen LogP contribution is -2.33. The van der Waals surface area contributed by atoms with Crippen molar-refractivity contribution in [2.75, 3.05) is 6.54 Å². The maximum atomic E-state index is 12.9. The van der Waals surface area contributed by atoms with Crippen LogP contribution in [0.15, 0.2) is 18.2 Å². The number of nitrogens with two attached hydrogens (primary N) is 1. The van der Waals surface area contributed by atoms with Gasteiger partial charge in [-0.05, 0) is 31.5 Å². The number of halogens is 1. The smallest absolute Gasteiger partial charge is 0.127 e. The molecule has 1 unspecified atom stereocenters. The highest BCUT2D eigenvalue weighted by atomic mass is 19.1. The highest BCUT2D eigenvalue weighted by Crippen LogP contribution is 2.16. The van der Waals surface area contributed by atoms with E-state index < -0.39 is 0 Å². The van der Waals surface area contributed by atoms with E-state index in [0.717, 1.165) is 5.56 Å². The Hall–Kier alpha value is -1.13. The Morgan fingerprint density at radius 1 is 1.50 bits per heavy atom. The first-order chi connectivity index (χ1) is 6.61. The fourth-order valence-electron chi connectivity index (χ4n) is 1.21. The predicted molar refractivity (Wildman–Crippen MR) is 53.4 cm³/mol. The average molecular weight is 198 g/mol. The van der Waals surface area contributed by atoms with Crippen molar-refractivity contribution >= 4 is 0 Å². The zero-order valence-corrected chi connectivity index (χ0v) is 8.38. The lowest BCUT2D eigenvalue weighted by atomic mass is 10.2. The molecule has 0 bridgehead atoms. The van der Waals surface area contributed by atoms with Gasteiger partial charge in [0.05, 0.1) is 0 Å². The van der Waals surface area contributed by atoms with Crippen molar-refractivity contribution in [3.05, 3.63) is 29.6 Å². The molecule has 0 aliphatic heterocycles. The summed E-state index contributed by atoms with van der Waals surface area (Å²) in [5.74, 6) is 5.39. The summed E-state index contributed by atoms with van der Waals surface area (Å²) in [5, 5.41) is 0. The Balaban J connectivity index is 2.66. The molecule has 0 heterocycles. The standard InChI is InChI=1S/C10H15FN2O/c1-7-3-9(11)5-10(4-7)14-8(2)6-13-12/h3-5,8,13H,6,12H2,1-2H3. The van der Waals surface area contributed by atoms with E-state index >= 15 is 0 Å². The molecule has 0 saturated heterocycles. The van der Waals surface area contributed by atoms with Crippen LogP contribution in [0.3, 0.4) is 0 Å². The van der Waals surface area contributed by atoms with Gasteiger partial charge < -0.3 is 4.74 Å². The number of aryl methyl sites for hydroxylation is 1. The van der Waals surface area contributed by atoms with E-state index in [-0.39, 0.29) is 11.9 Å². The number of nitrogens with one attached hydrogen (secondary N) is 1. The van der Waals surface area contributed by atoms with Crippen LogP contribution in [-0.2, 0) is 0 Å². The summed E-state index contributed by atoms with van der Waals surface area (Å²) in [5.41, 5.74) is 3.34. The fraction of sp³-hybridized carbons (Fsp3) is 0.400. The first-order valence-electron chi connectivity index (χ1n) is 4.49. The monoisotopic (exact) mass is 198 g/mol. The van der Waals surface area contributed by atoms with E-state index in [4.69, 9.17) is 10.6 Å². The van der Waals surface area contributed by atoms with Gasteiger partial charge in [0.15, 0.2) is 0 Å². The van der Waals surface area contributed by atoms with Crippen LogP contribution in [0.4, 0.5) is 4.39 Å². The zero-order valence-electron chi connectivity index (χ0n) is 8.38. The Bertz CT molecular complexity index is 284. The molecule has 1 aromatic rings. The van der Waals surface area contributed by atoms with Gasteiger partial charge in [0.1, 0.15) is 17.7 Å². The van der Waals surface area contributed by atoms with E-state index in [2.05, 4.69) is 5.43 Å². The quantitative estimate of drug-likeness (QED) is 0.567. The number of hydrogen-bond donors (Lipinski definition) is 2. The molecule has 1 aromatic carbocycles. The summed E-state index contributed by atoms with van der Waals surface area (Å²) >= 11 is 0. The van der Waals surface area contributed by atoms with Crippen molar-refractivity contribution in [2.45, 2.75) is 20.0 Å². The molecular weight excluding hydrogens is 183 g/mol. The van der Waals surface area contributed by atoms with Crippen LogP contribution >= 0.6 is 0 Å². The van der Waals surface area contributed by atoms with Crippen LogP contribution in [0.1, 0.15) is 12.5 Å². The zero-order chi connectivity index (χ0) is 10.6. The second kappa shape index (κ2) is 4.93. The highest BCUT2D eigenvalue weighted by molar-refractivity contribution is 5.28. The van der Waals surface area contributed by atoms with Crippen molar-refractivity contribution in [2.24, 2.45) is 5.84 Å². The minimum absolute atomic E-state index is 0.0822. The molecule has 0 aliphatic carbocycles. The van der Waals surface area contributed by atoms with Crippen molar-refractivity contribution in [3.63, 3.8) is 0 Å². The van der Waals surface area contributed by atoms with Crippen LogP contribution in [-0.4, -0.2) is 12.6 Å². The summed E-state index contributed by atoms with van der Waals surface area (Å²) in [6.07, 6.45) is -0.0822. The number of hydrazine groups is 1. The van der Waals surface area contributed by atoms with Crippen LogP contribution in [0.2, 0.25) is 0 Å². The second-order valence-electron chi connectivity index (χ2n) is 3.30. The molecule has 4 heteroatoms. The molecule has 1 atom stereocenters. The van der Waals surface area contributed by atoms with Crippen LogP contribution in [0.25, 0.3) is 0 Å². The van der Waals surface area contributed by atoms with Gasteiger partial charge in [-0.3, -0.25) is 11.3 Å². The minimum Gasteiger partial charge on any atom is -0.489 e. The third-order valence-electron chi connectivity index (χ3n) is 1.76. The van der Waals surface area contributed by atoms with Crippen LogP contribution < -0.4 is 16.0 Å². The summed E-state index contributed by atoms with van der Waals surface area (Å²) in [7, 11) is 0. The summed E-state index contributed by atoms with van der Waals surface area (Å²) < 4.78 is 18.4. The molecule has 0 radical (unpaired) electrons. The van der Waals surface area contributed by atoms with Crippen molar-refractivity contribution in [1.29, 1.82) is 0 Å². The van der Waals surface area contributed by atoms with Gasteiger partial charge in [0, 0.05) is 12.6 Å². The number of benzene rings is 1. The summed E-state index contributed by atoms with van der Waals surface area (Å²) in [4.78, 5) is 0. The van der Waals surface area contributed by atoms with E-state index in [1.807, 2.05) is 13.8 Å². The molecule has 0 fully saturated rings. The molecule has 0 aliphatic rings. The first kappa shape index (κ1) is 10.9. The Morgan fingerprint density at radius 3 is 2.79 bits per heavy atom. The lowest BCUT2D eigenvalue weighted by molar-refractivity contribution is 0.217. The minimum atomic E-state index is -0.284. The number of hydrogen-bond acceptors (Lipinski definition) is 3. The van der Waals surface area contributed by atoms with Crippen molar-refractivity contribution in [3.8, 4) is 5.75 Å².